The van der Waals surface area contributed by atoms with Gasteiger partial charge in [0.1, 0.15) is 5.76 Å². The first-order valence-corrected chi connectivity index (χ1v) is 8.30. The van der Waals surface area contributed by atoms with Gasteiger partial charge in [0, 0.05) is 34.6 Å². The van der Waals surface area contributed by atoms with E-state index in [2.05, 4.69) is 15.3 Å². The molecule has 128 valence electrons. The first kappa shape index (κ1) is 16.0. The molecule has 0 atom stereocenters. The molecular formula is C21H17N3O2. The van der Waals surface area contributed by atoms with Crippen molar-refractivity contribution in [3.8, 4) is 11.5 Å². The summed E-state index contributed by atoms with van der Waals surface area (Å²) in [6.45, 7) is 3.79. The Kier molecular flexibility index (Phi) is 3.97. The van der Waals surface area contributed by atoms with Crippen molar-refractivity contribution in [2.75, 3.05) is 5.32 Å². The van der Waals surface area contributed by atoms with Crippen LogP contribution in [0.5, 0.6) is 0 Å². The van der Waals surface area contributed by atoms with Gasteiger partial charge in [0.05, 0.1) is 5.69 Å². The minimum Gasteiger partial charge on any atom is -0.441 e. The van der Waals surface area contributed by atoms with Crippen molar-refractivity contribution in [1.29, 1.82) is 0 Å². The molecule has 0 fully saturated rings. The molecule has 0 aliphatic heterocycles. The molecule has 1 N–H and O–H groups in total. The lowest BCUT2D eigenvalue weighted by molar-refractivity contribution is 0.102. The highest BCUT2D eigenvalue weighted by Gasteiger charge is 2.12. The molecule has 2 aromatic carbocycles. The molecule has 26 heavy (non-hydrogen) atoms. The zero-order valence-corrected chi connectivity index (χ0v) is 14.5. The van der Waals surface area contributed by atoms with Crippen molar-refractivity contribution in [2.45, 2.75) is 13.8 Å². The number of pyridine rings is 1. The van der Waals surface area contributed by atoms with E-state index in [0.29, 0.717) is 17.1 Å². The van der Waals surface area contributed by atoms with Crippen LogP contribution in [0, 0.1) is 13.8 Å². The third kappa shape index (κ3) is 2.95. The van der Waals surface area contributed by atoms with E-state index in [1.807, 2.05) is 62.4 Å². The minimum absolute atomic E-state index is 0.168. The number of carbonyl (C=O) groups is 1. The van der Waals surface area contributed by atoms with E-state index in [1.54, 1.807) is 12.4 Å². The molecule has 0 radical (unpaired) electrons. The van der Waals surface area contributed by atoms with Gasteiger partial charge in [0.15, 0.2) is 0 Å². The molecule has 4 aromatic rings. The lowest BCUT2D eigenvalue weighted by Crippen LogP contribution is -2.12. The molecule has 0 saturated heterocycles. The Hall–Kier alpha value is -3.47. The molecule has 0 spiro atoms. The van der Waals surface area contributed by atoms with Gasteiger partial charge in [0.2, 0.25) is 5.89 Å². The summed E-state index contributed by atoms with van der Waals surface area (Å²) in [5.74, 6) is 1.17. The van der Waals surface area contributed by atoms with Crippen LogP contribution in [0.2, 0.25) is 0 Å². The minimum atomic E-state index is -0.168. The zero-order valence-electron chi connectivity index (χ0n) is 14.5. The molecule has 2 heterocycles. The number of benzene rings is 2. The standard InChI is InChI=1S/C21H17N3O2/c1-13-14(2)26-21(23-13)15-5-3-7-17(11-15)24-20(25)19-8-4-6-16-12-22-10-9-18(16)19/h3-12H,1-2H3,(H,24,25). The number of hydrogen-bond donors (Lipinski definition) is 1. The molecule has 2 aromatic heterocycles. The van der Waals surface area contributed by atoms with Crippen LogP contribution < -0.4 is 5.32 Å². The summed E-state index contributed by atoms with van der Waals surface area (Å²) >= 11 is 0. The molecule has 0 aliphatic carbocycles. The molecule has 0 saturated carbocycles. The van der Waals surface area contributed by atoms with E-state index in [9.17, 15) is 4.79 Å². The first-order valence-electron chi connectivity index (χ1n) is 8.30. The monoisotopic (exact) mass is 343 g/mol. The summed E-state index contributed by atoms with van der Waals surface area (Å²) in [7, 11) is 0. The van der Waals surface area contributed by atoms with Gasteiger partial charge in [-0.05, 0) is 49.6 Å². The van der Waals surface area contributed by atoms with Gasteiger partial charge >= 0.3 is 0 Å². The summed E-state index contributed by atoms with van der Waals surface area (Å²) in [4.78, 5) is 21.3. The number of rotatable bonds is 3. The topological polar surface area (TPSA) is 68.0 Å². The molecule has 0 bridgehead atoms. The van der Waals surface area contributed by atoms with Crippen molar-refractivity contribution >= 4 is 22.4 Å². The average molecular weight is 343 g/mol. The van der Waals surface area contributed by atoms with Crippen LogP contribution in [-0.2, 0) is 0 Å². The quantitative estimate of drug-likeness (QED) is 0.582. The fraction of sp³-hybridized carbons (Fsp3) is 0.0952. The Morgan fingerprint density at radius 2 is 1.92 bits per heavy atom. The van der Waals surface area contributed by atoms with Crippen LogP contribution in [0.15, 0.2) is 65.3 Å². The number of aryl methyl sites for hydroxylation is 2. The van der Waals surface area contributed by atoms with Crippen molar-refractivity contribution in [2.24, 2.45) is 0 Å². The van der Waals surface area contributed by atoms with Crippen molar-refractivity contribution in [3.05, 3.63) is 77.9 Å². The predicted molar refractivity (Wildman–Crippen MR) is 101 cm³/mol. The fourth-order valence-electron chi connectivity index (χ4n) is 2.85. The molecular weight excluding hydrogens is 326 g/mol. The van der Waals surface area contributed by atoms with E-state index in [4.69, 9.17) is 4.42 Å². The average Bonchev–Trinajstić information content (AvgIpc) is 3.00. The SMILES string of the molecule is Cc1nc(-c2cccc(NC(=O)c3cccc4cnccc34)c2)oc1C. The van der Waals surface area contributed by atoms with E-state index in [0.717, 1.165) is 27.8 Å². The third-order valence-corrected chi connectivity index (χ3v) is 4.32. The van der Waals surface area contributed by atoms with Crippen LogP contribution in [0.25, 0.3) is 22.2 Å². The highest BCUT2D eigenvalue weighted by molar-refractivity contribution is 6.12. The second-order valence-electron chi connectivity index (χ2n) is 6.10. The molecule has 0 aliphatic rings. The Morgan fingerprint density at radius 1 is 1.08 bits per heavy atom. The predicted octanol–water partition coefficient (Wildman–Crippen LogP) is 4.76. The normalized spacial score (nSPS) is 10.8. The maximum Gasteiger partial charge on any atom is 0.256 e. The van der Waals surface area contributed by atoms with E-state index in [-0.39, 0.29) is 5.91 Å². The van der Waals surface area contributed by atoms with E-state index >= 15 is 0 Å². The van der Waals surface area contributed by atoms with Gasteiger partial charge in [-0.15, -0.1) is 0 Å². The Morgan fingerprint density at radius 3 is 2.73 bits per heavy atom. The lowest BCUT2D eigenvalue weighted by Gasteiger charge is -2.08. The highest BCUT2D eigenvalue weighted by atomic mass is 16.4. The number of oxazole rings is 1. The van der Waals surface area contributed by atoms with Crippen LogP contribution in [0.1, 0.15) is 21.8 Å². The van der Waals surface area contributed by atoms with Crippen LogP contribution >= 0.6 is 0 Å². The molecule has 5 nitrogen and oxygen atoms in total. The summed E-state index contributed by atoms with van der Waals surface area (Å²) < 4.78 is 5.67. The number of fused-ring (bicyclic) bond motifs is 1. The van der Waals surface area contributed by atoms with Crippen LogP contribution in [-0.4, -0.2) is 15.9 Å². The van der Waals surface area contributed by atoms with E-state index < -0.39 is 0 Å². The maximum atomic E-state index is 12.8. The molecule has 0 unspecified atom stereocenters. The van der Waals surface area contributed by atoms with E-state index in [1.165, 1.54) is 0 Å². The summed E-state index contributed by atoms with van der Waals surface area (Å²) in [6.07, 6.45) is 3.44. The zero-order chi connectivity index (χ0) is 18.1. The highest BCUT2D eigenvalue weighted by Crippen LogP contribution is 2.25. The van der Waals surface area contributed by atoms with Gasteiger partial charge in [-0.25, -0.2) is 4.98 Å². The summed E-state index contributed by atoms with van der Waals surface area (Å²) in [6, 6.07) is 14.9. The largest absolute Gasteiger partial charge is 0.441 e. The smallest absolute Gasteiger partial charge is 0.256 e. The van der Waals surface area contributed by atoms with Gasteiger partial charge < -0.3 is 9.73 Å². The van der Waals surface area contributed by atoms with Crippen LogP contribution in [0.4, 0.5) is 5.69 Å². The number of anilines is 1. The Labute approximate surface area is 150 Å². The van der Waals surface area contributed by atoms with Crippen molar-refractivity contribution < 1.29 is 9.21 Å². The van der Waals surface area contributed by atoms with Gasteiger partial charge in [-0.3, -0.25) is 9.78 Å². The Bertz CT molecular complexity index is 1090. The van der Waals surface area contributed by atoms with Gasteiger partial charge in [-0.2, -0.15) is 0 Å². The fourth-order valence-corrected chi connectivity index (χ4v) is 2.85. The maximum absolute atomic E-state index is 12.8. The summed E-state index contributed by atoms with van der Waals surface area (Å²) in [5, 5.41) is 4.75. The molecule has 5 heteroatoms. The van der Waals surface area contributed by atoms with Gasteiger partial charge in [-0.1, -0.05) is 18.2 Å². The van der Waals surface area contributed by atoms with Crippen molar-refractivity contribution in [3.63, 3.8) is 0 Å². The second-order valence-corrected chi connectivity index (χ2v) is 6.10. The molecule has 1 amide bonds. The number of carbonyl (C=O) groups excluding carboxylic acids is 1. The second kappa shape index (κ2) is 6.44. The van der Waals surface area contributed by atoms with Crippen molar-refractivity contribution in [1.82, 2.24) is 9.97 Å². The molecule has 4 rings (SSSR count). The lowest BCUT2D eigenvalue weighted by atomic mass is 10.1. The Balaban J connectivity index is 1.65. The number of nitrogens with one attached hydrogen (secondary N) is 1. The van der Waals surface area contributed by atoms with Crippen LogP contribution in [0.3, 0.4) is 0 Å². The van der Waals surface area contributed by atoms with Gasteiger partial charge in [0.25, 0.3) is 5.91 Å². The third-order valence-electron chi connectivity index (χ3n) is 4.32. The first-order chi connectivity index (χ1) is 12.6. The summed E-state index contributed by atoms with van der Waals surface area (Å²) in [5.41, 5.74) is 2.98. The number of nitrogens with zero attached hydrogens (tertiary/aromatic N) is 2. The number of hydrogen-bond acceptors (Lipinski definition) is 4. The number of amides is 1. The number of aromatic nitrogens is 2.